The highest BCUT2D eigenvalue weighted by Crippen LogP contribution is 1.48. The number of carboxylic acids is 12. The number of rotatable bonds is 12. The van der Waals surface area contributed by atoms with E-state index in [2.05, 4.69) is 68.8 Å². The summed E-state index contributed by atoms with van der Waals surface area (Å²) in [6, 6.07) is 0. The smallest absolute Gasteiger partial charge is 0.317 e. The topological polar surface area (TPSA) is 760 Å². The highest BCUT2D eigenvalue weighted by Gasteiger charge is 1.85. The van der Waals surface area contributed by atoms with Crippen molar-refractivity contribution in [3.63, 3.8) is 0 Å². The maximum absolute atomic E-state index is 9.24. The Balaban J connectivity index is -0.0000000419. The number of carboxylic acid groups (broad SMARTS) is 12. The molecule has 0 rings (SSSR count). The molecule has 0 amide bonds. The van der Waals surface area contributed by atoms with E-state index in [9.17, 15) is 57.5 Å². The van der Waals surface area contributed by atoms with Gasteiger partial charge >= 0.3 is 71.6 Å². The zero-order valence-electron chi connectivity index (χ0n) is 31.7. The lowest BCUT2D eigenvalue weighted by atomic mass is 10.7. The van der Waals surface area contributed by atoms with E-state index in [4.69, 9.17) is 61.3 Å². The van der Waals surface area contributed by atoms with Crippen molar-refractivity contribution in [3.8, 4) is 0 Å². The summed E-state index contributed by atoms with van der Waals surface area (Å²) >= 11 is 0. The van der Waals surface area contributed by atoms with Crippen LogP contribution in [0.1, 0.15) is 0 Å². The van der Waals surface area contributed by atoms with Crippen molar-refractivity contribution in [2.24, 2.45) is 68.8 Å². The second-order valence-electron chi connectivity index (χ2n) is 7.17. The van der Waals surface area contributed by atoms with Crippen molar-refractivity contribution in [1.29, 1.82) is 0 Å². The minimum atomic E-state index is -0.968. The summed E-state index contributed by atoms with van der Waals surface area (Å²) < 4.78 is 0. The van der Waals surface area contributed by atoms with Gasteiger partial charge in [-0.3, -0.25) is 57.5 Å². The monoisotopic (exact) mass is 900 g/mol. The standard InChI is InChI=1S/12C2H5NO2/c12*3-1-2(4)5/h12*1,3H2,(H,4,5). The Morgan fingerprint density at radius 1 is 0.167 bits per heavy atom. The number of aliphatic carboxylic acids is 12. The van der Waals surface area contributed by atoms with E-state index in [0.717, 1.165) is 0 Å². The summed E-state index contributed by atoms with van der Waals surface area (Å²) in [5, 5.41) is 91.2. The summed E-state index contributed by atoms with van der Waals surface area (Å²) in [5.74, 6) is -11.6. The van der Waals surface area contributed by atoms with E-state index in [1.54, 1.807) is 0 Å². The Kier molecular flexibility index (Phi) is 115. The maximum atomic E-state index is 9.24. The Bertz CT molecular complexity index is 816. The molecule has 0 saturated heterocycles. The van der Waals surface area contributed by atoms with E-state index < -0.39 is 71.6 Å². The van der Waals surface area contributed by atoms with Gasteiger partial charge in [0.05, 0.1) is 78.5 Å². The molecule has 0 aromatic carbocycles. The summed E-state index contributed by atoms with van der Waals surface area (Å²) in [6.07, 6.45) is 0. The van der Waals surface area contributed by atoms with Crippen LogP contribution < -0.4 is 68.8 Å². The Hall–Kier alpha value is -6.84. The molecule has 0 spiro atoms. The molecule has 0 atom stereocenters. The molecular formula is C24H60N12O24. The Labute approximate surface area is 338 Å². The van der Waals surface area contributed by atoms with Crippen LogP contribution in [-0.2, 0) is 57.5 Å². The fourth-order valence-electron chi connectivity index (χ4n) is 0. The predicted molar refractivity (Wildman–Crippen MR) is 200 cm³/mol. The third kappa shape index (κ3) is 437. The molecule has 0 aromatic rings. The van der Waals surface area contributed by atoms with Crippen LogP contribution in [-0.4, -0.2) is 211 Å². The van der Waals surface area contributed by atoms with Gasteiger partial charge in [-0.2, -0.15) is 0 Å². The van der Waals surface area contributed by atoms with Gasteiger partial charge in [0, 0.05) is 0 Å². The molecule has 0 bridgehead atoms. The minimum absolute atomic E-state index is 0.278. The molecule has 0 aliphatic heterocycles. The lowest BCUT2D eigenvalue weighted by molar-refractivity contribution is -0.136. The maximum Gasteiger partial charge on any atom is 0.317 e. The van der Waals surface area contributed by atoms with Gasteiger partial charge in [0.25, 0.3) is 0 Å². The quantitative estimate of drug-likeness (QED) is 0.0864. The molecule has 36 N–H and O–H groups in total. The second kappa shape index (κ2) is 80.6. The van der Waals surface area contributed by atoms with E-state index in [-0.39, 0.29) is 78.5 Å². The van der Waals surface area contributed by atoms with Gasteiger partial charge in [0.1, 0.15) is 0 Å². The van der Waals surface area contributed by atoms with Crippen molar-refractivity contribution >= 4 is 71.6 Å². The van der Waals surface area contributed by atoms with Crippen LogP contribution in [0.2, 0.25) is 0 Å². The minimum Gasteiger partial charge on any atom is -0.480 e. The second-order valence-corrected chi connectivity index (χ2v) is 7.17. The van der Waals surface area contributed by atoms with Gasteiger partial charge in [-0.25, -0.2) is 0 Å². The van der Waals surface area contributed by atoms with Gasteiger partial charge in [-0.1, -0.05) is 0 Å². The normalized spacial score (nSPS) is 7.40. The Morgan fingerprint density at radius 3 is 0.183 bits per heavy atom. The van der Waals surface area contributed by atoms with E-state index in [1.807, 2.05) is 0 Å². The molecule has 0 unspecified atom stereocenters. The number of hydrogen-bond donors (Lipinski definition) is 24. The molecule has 0 heterocycles. The first-order valence-corrected chi connectivity index (χ1v) is 14.3. The molecule has 36 nitrogen and oxygen atoms in total. The first-order chi connectivity index (χ1) is 27.2. The third-order valence-electron chi connectivity index (χ3n) is 2.10. The largest absolute Gasteiger partial charge is 0.480 e. The Morgan fingerprint density at radius 2 is 0.183 bits per heavy atom. The molecular weight excluding hydrogens is 840 g/mol. The zero-order chi connectivity index (χ0) is 51.4. The van der Waals surface area contributed by atoms with Gasteiger partial charge < -0.3 is 130 Å². The molecule has 0 fully saturated rings. The van der Waals surface area contributed by atoms with Gasteiger partial charge in [-0.05, 0) is 0 Å². The van der Waals surface area contributed by atoms with Crippen LogP contribution in [0.5, 0.6) is 0 Å². The lowest BCUT2D eigenvalue weighted by Crippen LogP contribution is -2.10. The number of nitrogens with two attached hydrogens (primary N) is 12. The van der Waals surface area contributed by atoms with E-state index in [0.29, 0.717) is 0 Å². The number of carbonyl (C=O) groups is 12. The van der Waals surface area contributed by atoms with Crippen LogP contribution in [0.15, 0.2) is 0 Å². The molecule has 36 heteroatoms. The fourth-order valence-corrected chi connectivity index (χ4v) is 0. The highest BCUT2D eigenvalue weighted by molar-refractivity contribution is 5.71. The van der Waals surface area contributed by atoms with E-state index in [1.165, 1.54) is 0 Å². The van der Waals surface area contributed by atoms with Crippen LogP contribution in [0, 0.1) is 0 Å². The van der Waals surface area contributed by atoms with E-state index >= 15 is 0 Å². The predicted octanol–water partition coefficient (Wildman–Crippen LogP) is -11.6. The molecule has 0 aromatic heterocycles. The number of hydrogen-bond acceptors (Lipinski definition) is 24. The van der Waals surface area contributed by atoms with Gasteiger partial charge in [0.15, 0.2) is 0 Å². The van der Waals surface area contributed by atoms with Gasteiger partial charge in [-0.15, -0.1) is 0 Å². The summed E-state index contributed by atoms with van der Waals surface area (Å²) in [7, 11) is 0. The average molecular weight is 901 g/mol. The molecule has 60 heavy (non-hydrogen) atoms. The molecule has 0 aliphatic rings. The van der Waals surface area contributed by atoms with Crippen molar-refractivity contribution in [3.05, 3.63) is 0 Å². The fraction of sp³-hybridized carbons (Fsp3) is 0.500. The molecule has 360 valence electrons. The van der Waals surface area contributed by atoms with Gasteiger partial charge in [0.2, 0.25) is 0 Å². The van der Waals surface area contributed by atoms with Crippen molar-refractivity contribution in [1.82, 2.24) is 0 Å². The van der Waals surface area contributed by atoms with Crippen LogP contribution in [0.3, 0.4) is 0 Å². The molecule has 0 aliphatic carbocycles. The van der Waals surface area contributed by atoms with Crippen LogP contribution in [0.25, 0.3) is 0 Å². The zero-order valence-corrected chi connectivity index (χ0v) is 31.7. The van der Waals surface area contributed by atoms with Crippen molar-refractivity contribution < 1.29 is 119 Å². The third-order valence-corrected chi connectivity index (χ3v) is 2.10. The van der Waals surface area contributed by atoms with Crippen molar-refractivity contribution in [2.45, 2.75) is 0 Å². The SMILES string of the molecule is NCC(=O)O.NCC(=O)O.NCC(=O)O.NCC(=O)O.NCC(=O)O.NCC(=O)O.NCC(=O)O.NCC(=O)O.NCC(=O)O.NCC(=O)O.NCC(=O)O.NCC(=O)O. The highest BCUT2D eigenvalue weighted by atomic mass is 16.4. The first kappa shape index (κ1) is 85.4. The summed E-state index contributed by atoms with van der Waals surface area (Å²) in [4.78, 5) is 111. The lowest BCUT2D eigenvalue weighted by Gasteiger charge is -1.73. The average Bonchev–Trinajstić information content (AvgIpc) is 3.19. The van der Waals surface area contributed by atoms with Crippen molar-refractivity contribution in [2.75, 3.05) is 78.5 Å². The molecule has 0 radical (unpaired) electrons. The van der Waals surface area contributed by atoms with Crippen LogP contribution >= 0.6 is 0 Å². The first-order valence-electron chi connectivity index (χ1n) is 14.3. The summed E-state index contributed by atoms with van der Waals surface area (Å²) in [6.45, 7) is -3.33. The van der Waals surface area contributed by atoms with Crippen LogP contribution in [0.4, 0.5) is 0 Å². The molecule has 0 saturated carbocycles. The summed E-state index contributed by atoms with van der Waals surface area (Å²) in [5.41, 5.74) is 54.9.